The van der Waals surface area contributed by atoms with Crippen LogP contribution in [-0.2, 0) is 17.6 Å². The number of benzene rings is 3. The van der Waals surface area contributed by atoms with E-state index in [4.69, 9.17) is 10.1 Å². The number of aromatic nitrogens is 2. The summed E-state index contributed by atoms with van der Waals surface area (Å²) in [5, 5.41) is 11.7. The van der Waals surface area contributed by atoms with Crippen LogP contribution in [0.3, 0.4) is 0 Å². The fourth-order valence-electron chi connectivity index (χ4n) is 4.80. The van der Waals surface area contributed by atoms with E-state index >= 15 is 0 Å². The molecule has 0 aliphatic heterocycles. The number of rotatable bonds is 8. The first-order valence-electron chi connectivity index (χ1n) is 12.3. The van der Waals surface area contributed by atoms with E-state index in [-0.39, 0.29) is 30.6 Å². The molecule has 1 amide bonds. The standard InChI is InChI=1S/C29H24F3N3O3/c30-20-10-11-21-18(15-20)8-12-22(21)35-27(36)19-9-13-23-25(16-19)33-24(7-4-14-29(31,32)28(37)38)26(34-23)17-5-2-1-3-6-17/h1-3,5-6,9-11,13,15-16,22H,4,7-8,12,14H2,(H,35,36)(H,37,38). The molecular weight excluding hydrogens is 495 g/mol. The normalized spacial score (nSPS) is 14.9. The summed E-state index contributed by atoms with van der Waals surface area (Å²) in [6.45, 7) is 0. The Morgan fingerprint density at radius 1 is 1.00 bits per heavy atom. The van der Waals surface area contributed by atoms with E-state index in [0.717, 1.165) is 16.7 Å². The van der Waals surface area contributed by atoms with Crippen LogP contribution in [0.4, 0.5) is 13.2 Å². The monoisotopic (exact) mass is 519 g/mol. The summed E-state index contributed by atoms with van der Waals surface area (Å²) < 4.78 is 40.8. The van der Waals surface area contributed by atoms with Crippen LogP contribution >= 0.6 is 0 Å². The number of nitrogens with zero attached hydrogens (tertiary/aromatic N) is 2. The van der Waals surface area contributed by atoms with Crippen molar-refractivity contribution in [3.63, 3.8) is 0 Å². The molecule has 0 saturated carbocycles. The van der Waals surface area contributed by atoms with Gasteiger partial charge in [0, 0.05) is 17.5 Å². The average molecular weight is 520 g/mol. The molecule has 1 aromatic heterocycles. The van der Waals surface area contributed by atoms with Crippen molar-refractivity contribution in [2.75, 3.05) is 0 Å². The topological polar surface area (TPSA) is 92.2 Å². The van der Waals surface area contributed by atoms with Gasteiger partial charge in [-0.15, -0.1) is 0 Å². The minimum Gasteiger partial charge on any atom is -0.477 e. The molecule has 0 spiro atoms. The van der Waals surface area contributed by atoms with E-state index in [9.17, 15) is 22.8 Å². The molecule has 1 heterocycles. The Balaban J connectivity index is 1.42. The number of carbonyl (C=O) groups excluding carboxylic acids is 1. The Bertz CT molecular complexity index is 1530. The smallest absolute Gasteiger partial charge is 0.374 e. The molecule has 0 radical (unpaired) electrons. The average Bonchev–Trinajstić information content (AvgIpc) is 3.29. The predicted molar refractivity (Wildman–Crippen MR) is 135 cm³/mol. The van der Waals surface area contributed by atoms with Gasteiger partial charge in [-0.1, -0.05) is 36.4 Å². The fourth-order valence-corrected chi connectivity index (χ4v) is 4.80. The number of halogens is 3. The van der Waals surface area contributed by atoms with Gasteiger partial charge >= 0.3 is 11.9 Å². The van der Waals surface area contributed by atoms with E-state index in [2.05, 4.69) is 10.3 Å². The highest BCUT2D eigenvalue weighted by atomic mass is 19.3. The van der Waals surface area contributed by atoms with Crippen molar-refractivity contribution in [3.05, 3.63) is 94.9 Å². The van der Waals surface area contributed by atoms with Crippen molar-refractivity contribution in [2.24, 2.45) is 0 Å². The summed E-state index contributed by atoms with van der Waals surface area (Å²) in [6.07, 6.45) is 0.492. The number of fused-ring (bicyclic) bond motifs is 2. The number of hydrogen-bond donors (Lipinski definition) is 2. The minimum absolute atomic E-state index is 0.0852. The van der Waals surface area contributed by atoms with E-state index in [0.29, 0.717) is 40.8 Å². The number of nitrogens with one attached hydrogen (secondary N) is 1. The number of carboxylic acids is 1. The Hall–Kier alpha value is -4.27. The van der Waals surface area contributed by atoms with Crippen molar-refractivity contribution in [3.8, 4) is 11.3 Å². The number of hydrogen-bond acceptors (Lipinski definition) is 4. The number of amides is 1. The Kier molecular flexibility index (Phi) is 6.84. The Labute approximate surface area is 216 Å². The third-order valence-corrected chi connectivity index (χ3v) is 6.75. The lowest BCUT2D eigenvalue weighted by molar-refractivity contribution is -0.165. The van der Waals surface area contributed by atoms with Crippen molar-refractivity contribution in [1.82, 2.24) is 15.3 Å². The largest absolute Gasteiger partial charge is 0.477 e. The quantitative estimate of drug-likeness (QED) is 0.303. The van der Waals surface area contributed by atoms with Gasteiger partial charge in [-0.2, -0.15) is 8.78 Å². The van der Waals surface area contributed by atoms with Gasteiger partial charge < -0.3 is 10.4 Å². The number of aryl methyl sites for hydroxylation is 2. The van der Waals surface area contributed by atoms with E-state index in [1.165, 1.54) is 12.1 Å². The maximum absolute atomic E-state index is 13.6. The van der Waals surface area contributed by atoms with Gasteiger partial charge in [0.05, 0.1) is 28.5 Å². The van der Waals surface area contributed by atoms with Crippen LogP contribution in [0.2, 0.25) is 0 Å². The lowest BCUT2D eigenvalue weighted by Gasteiger charge is -2.15. The molecule has 0 fully saturated rings. The predicted octanol–water partition coefficient (Wildman–Crippen LogP) is 5.90. The molecular formula is C29H24F3N3O3. The highest BCUT2D eigenvalue weighted by Gasteiger charge is 2.37. The summed E-state index contributed by atoms with van der Waals surface area (Å²) >= 11 is 0. The van der Waals surface area contributed by atoms with E-state index in [1.807, 2.05) is 30.3 Å². The summed E-state index contributed by atoms with van der Waals surface area (Å²) in [5.41, 5.74) is 4.80. The SMILES string of the molecule is O=C(NC1CCc2cc(F)ccc21)c1ccc2nc(-c3ccccc3)c(CCCC(F)(F)C(=O)O)nc2c1. The second-order valence-corrected chi connectivity index (χ2v) is 9.36. The van der Waals surface area contributed by atoms with Crippen LogP contribution in [-0.4, -0.2) is 32.9 Å². The van der Waals surface area contributed by atoms with Gasteiger partial charge in [0.2, 0.25) is 0 Å². The third-order valence-electron chi connectivity index (χ3n) is 6.75. The Morgan fingerprint density at radius 3 is 2.55 bits per heavy atom. The Morgan fingerprint density at radius 2 is 1.79 bits per heavy atom. The van der Waals surface area contributed by atoms with Crippen LogP contribution < -0.4 is 5.32 Å². The minimum atomic E-state index is -3.83. The second kappa shape index (κ2) is 10.2. The molecule has 5 rings (SSSR count). The number of carboxylic acid groups (broad SMARTS) is 1. The number of carbonyl (C=O) groups is 2. The zero-order valence-corrected chi connectivity index (χ0v) is 20.3. The lowest BCUT2D eigenvalue weighted by Crippen LogP contribution is -2.28. The number of alkyl halides is 2. The summed E-state index contributed by atoms with van der Waals surface area (Å²) in [6, 6.07) is 18.4. The van der Waals surface area contributed by atoms with Gasteiger partial charge in [-0.25, -0.2) is 19.2 Å². The van der Waals surface area contributed by atoms with Crippen LogP contribution in [0.5, 0.6) is 0 Å². The van der Waals surface area contributed by atoms with Gasteiger partial charge in [0.1, 0.15) is 5.82 Å². The third kappa shape index (κ3) is 5.22. The molecule has 2 N–H and O–H groups in total. The molecule has 1 aliphatic rings. The van der Waals surface area contributed by atoms with Gasteiger partial charge in [-0.05, 0) is 67.1 Å². The molecule has 4 aromatic rings. The summed E-state index contributed by atoms with van der Waals surface area (Å²) in [7, 11) is 0. The van der Waals surface area contributed by atoms with Crippen LogP contribution in [0, 0.1) is 5.82 Å². The number of aliphatic carboxylic acids is 1. The van der Waals surface area contributed by atoms with Crippen molar-refractivity contribution in [2.45, 2.75) is 44.1 Å². The molecule has 0 saturated heterocycles. The van der Waals surface area contributed by atoms with Crippen LogP contribution in [0.25, 0.3) is 22.3 Å². The molecule has 38 heavy (non-hydrogen) atoms. The maximum Gasteiger partial charge on any atom is 0.374 e. The first-order valence-corrected chi connectivity index (χ1v) is 12.3. The second-order valence-electron chi connectivity index (χ2n) is 9.36. The molecule has 1 atom stereocenters. The van der Waals surface area contributed by atoms with Crippen molar-refractivity contribution in [1.29, 1.82) is 0 Å². The summed E-state index contributed by atoms with van der Waals surface area (Å²) in [4.78, 5) is 33.2. The van der Waals surface area contributed by atoms with E-state index in [1.54, 1.807) is 24.3 Å². The van der Waals surface area contributed by atoms with Crippen molar-refractivity contribution >= 4 is 22.9 Å². The molecule has 6 nitrogen and oxygen atoms in total. The molecule has 194 valence electrons. The van der Waals surface area contributed by atoms with Crippen molar-refractivity contribution < 1.29 is 27.9 Å². The molecule has 0 bridgehead atoms. The van der Waals surface area contributed by atoms with Gasteiger partial charge in [0.15, 0.2) is 0 Å². The van der Waals surface area contributed by atoms with Crippen LogP contribution in [0.1, 0.15) is 52.5 Å². The highest BCUT2D eigenvalue weighted by molar-refractivity contribution is 5.97. The first kappa shape index (κ1) is 25.4. The zero-order chi connectivity index (χ0) is 26.9. The first-order chi connectivity index (χ1) is 18.2. The molecule has 9 heteroatoms. The molecule has 1 aliphatic carbocycles. The van der Waals surface area contributed by atoms with Gasteiger partial charge in [0.25, 0.3) is 5.91 Å². The van der Waals surface area contributed by atoms with Gasteiger partial charge in [-0.3, -0.25) is 4.79 Å². The highest BCUT2D eigenvalue weighted by Crippen LogP contribution is 2.32. The zero-order valence-electron chi connectivity index (χ0n) is 20.3. The lowest BCUT2D eigenvalue weighted by atomic mass is 10.0. The maximum atomic E-state index is 13.6. The van der Waals surface area contributed by atoms with Crippen LogP contribution in [0.15, 0.2) is 66.7 Å². The molecule has 3 aromatic carbocycles. The summed E-state index contributed by atoms with van der Waals surface area (Å²) in [5.74, 6) is -6.60. The molecule has 1 unspecified atom stereocenters. The fraction of sp³-hybridized carbons (Fsp3) is 0.241. The van der Waals surface area contributed by atoms with E-state index < -0.39 is 18.3 Å².